The average molecular weight is 589 g/mol. The zero-order chi connectivity index (χ0) is 30.0. The van der Waals surface area contributed by atoms with Crippen molar-refractivity contribution in [3.63, 3.8) is 0 Å². The number of allylic oxidation sites excluding steroid dienone is 1. The summed E-state index contributed by atoms with van der Waals surface area (Å²) in [4.78, 5) is 29.4. The molecule has 5 fully saturated rings. The van der Waals surface area contributed by atoms with Gasteiger partial charge in [0.15, 0.2) is 0 Å². The minimum Gasteiger partial charge on any atom is -0.357 e. The fraction of sp³-hybridized carbons (Fsp3) is 0.750. The van der Waals surface area contributed by atoms with E-state index in [4.69, 9.17) is 4.74 Å². The average Bonchev–Trinajstić information content (AvgIpc) is 3.44. The van der Waals surface area contributed by atoms with Crippen molar-refractivity contribution in [2.75, 3.05) is 6.54 Å². The highest BCUT2D eigenvalue weighted by Gasteiger charge is 2.68. The summed E-state index contributed by atoms with van der Waals surface area (Å²) in [5.41, 5.74) is 2.83. The van der Waals surface area contributed by atoms with Crippen LogP contribution in [0.1, 0.15) is 97.6 Å². The van der Waals surface area contributed by atoms with Gasteiger partial charge in [-0.2, -0.15) is 0 Å². The van der Waals surface area contributed by atoms with Crippen molar-refractivity contribution in [2.45, 2.75) is 116 Å². The predicted octanol–water partition coefficient (Wildman–Crippen LogP) is 5.51. The number of aromatic nitrogens is 1. The Morgan fingerprint density at radius 3 is 2.70 bits per heavy atom. The van der Waals surface area contributed by atoms with Crippen molar-refractivity contribution in [1.29, 1.82) is 0 Å². The molecule has 3 saturated carbocycles. The molecule has 3 N–H and O–H groups in total. The molecule has 1 aromatic heterocycles. The number of carbonyl (C=O) groups is 2. The molecule has 1 aromatic rings. The SMILES string of the molecule is C[C@@H]1CC[C@@]2(NC1)O[C@H]1C[C@H]3[C@@H]4CC=C5CC(NC(=O)CC(=O)NCc6ccccn6)CC[C@]5(C)[C@H]4CC[C@]3(C)[C@H]1[C@@H]2C. The molecule has 0 radical (unpaired) electrons. The number of amides is 2. The maximum Gasteiger partial charge on any atom is 0.229 e. The highest BCUT2D eigenvalue weighted by atomic mass is 16.5. The third-order valence-electron chi connectivity index (χ3n) is 13.5. The van der Waals surface area contributed by atoms with E-state index in [1.807, 2.05) is 18.2 Å². The van der Waals surface area contributed by atoms with Gasteiger partial charge in [-0.1, -0.05) is 45.4 Å². The minimum atomic E-state index is -0.256. The van der Waals surface area contributed by atoms with Gasteiger partial charge in [-0.3, -0.25) is 19.9 Å². The van der Waals surface area contributed by atoms with Crippen LogP contribution in [0.25, 0.3) is 0 Å². The van der Waals surface area contributed by atoms with Gasteiger partial charge >= 0.3 is 0 Å². The van der Waals surface area contributed by atoms with Crippen LogP contribution in [-0.2, 0) is 20.9 Å². The number of hydrogen-bond donors (Lipinski definition) is 3. The van der Waals surface area contributed by atoms with Gasteiger partial charge in [-0.15, -0.1) is 0 Å². The Morgan fingerprint density at radius 1 is 1.07 bits per heavy atom. The fourth-order valence-electron chi connectivity index (χ4n) is 11.2. The number of nitrogens with one attached hydrogen (secondary N) is 3. The molecule has 11 atom stereocenters. The van der Waals surface area contributed by atoms with Gasteiger partial charge < -0.3 is 15.4 Å². The molecule has 234 valence electrons. The molecule has 0 aromatic carbocycles. The Kier molecular flexibility index (Phi) is 7.52. The van der Waals surface area contributed by atoms with Crippen LogP contribution in [0.3, 0.4) is 0 Å². The van der Waals surface area contributed by atoms with Gasteiger partial charge in [0.2, 0.25) is 11.8 Å². The lowest BCUT2D eigenvalue weighted by Crippen LogP contribution is -2.57. The third-order valence-corrected chi connectivity index (χ3v) is 13.5. The summed E-state index contributed by atoms with van der Waals surface area (Å²) < 4.78 is 7.06. The van der Waals surface area contributed by atoms with Crippen LogP contribution in [0, 0.1) is 46.3 Å². The lowest BCUT2D eigenvalue weighted by Gasteiger charge is -2.58. The molecule has 0 bridgehead atoms. The predicted molar refractivity (Wildman–Crippen MR) is 166 cm³/mol. The summed E-state index contributed by atoms with van der Waals surface area (Å²) in [6, 6.07) is 5.72. The molecule has 7 nitrogen and oxygen atoms in total. The Hall–Kier alpha value is -2.25. The number of nitrogens with zero attached hydrogens (tertiary/aromatic N) is 1. The van der Waals surface area contributed by atoms with E-state index in [0.29, 0.717) is 29.9 Å². The summed E-state index contributed by atoms with van der Waals surface area (Å²) >= 11 is 0. The van der Waals surface area contributed by atoms with Gasteiger partial charge in [-0.25, -0.2) is 0 Å². The molecular formula is C36H52N4O3. The van der Waals surface area contributed by atoms with E-state index >= 15 is 0 Å². The Bertz CT molecular complexity index is 1260. The Labute approximate surface area is 257 Å². The number of ether oxygens (including phenoxy) is 1. The highest BCUT2D eigenvalue weighted by molar-refractivity contribution is 5.96. The topological polar surface area (TPSA) is 92.4 Å². The molecule has 1 unspecified atom stereocenters. The first-order chi connectivity index (χ1) is 20.6. The minimum absolute atomic E-state index is 0.0963. The number of carbonyl (C=O) groups excluding carboxylic acids is 2. The van der Waals surface area contributed by atoms with Gasteiger partial charge in [0, 0.05) is 24.7 Å². The first-order valence-corrected chi connectivity index (χ1v) is 17.2. The number of rotatable bonds is 5. The van der Waals surface area contributed by atoms with E-state index in [-0.39, 0.29) is 35.4 Å². The molecule has 2 amide bonds. The summed E-state index contributed by atoms with van der Waals surface area (Å²) in [5.74, 6) is 3.72. The maximum absolute atomic E-state index is 12.8. The number of pyridine rings is 1. The molecule has 7 rings (SSSR count). The molecule has 43 heavy (non-hydrogen) atoms. The third kappa shape index (κ3) is 4.97. The van der Waals surface area contributed by atoms with Crippen LogP contribution >= 0.6 is 0 Å². The normalized spacial score (nSPS) is 44.9. The first-order valence-electron chi connectivity index (χ1n) is 17.2. The zero-order valence-corrected chi connectivity index (χ0v) is 26.7. The van der Waals surface area contributed by atoms with E-state index in [2.05, 4.69) is 54.7 Å². The number of piperidine rings is 1. The second-order valence-electron chi connectivity index (χ2n) is 15.7. The van der Waals surface area contributed by atoms with Crippen molar-refractivity contribution in [2.24, 2.45) is 46.3 Å². The van der Waals surface area contributed by atoms with E-state index in [0.717, 1.165) is 61.6 Å². The smallest absolute Gasteiger partial charge is 0.229 e. The molecule has 7 heteroatoms. The van der Waals surface area contributed by atoms with Crippen LogP contribution in [-0.4, -0.2) is 41.2 Å². The zero-order valence-electron chi connectivity index (χ0n) is 26.7. The van der Waals surface area contributed by atoms with Crippen LogP contribution in [0.2, 0.25) is 0 Å². The van der Waals surface area contributed by atoms with Crippen LogP contribution in [0.15, 0.2) is 36.0 Å². The summed E-state index contributed by atoms with van der Waals surface area (Å²) in [6.07, 6.45) is 15.0. The quantitative estimate of drug-likeness (QED) is 0.312. The summed E-state index contributed by atoms with van der Waals surface area (Å²) in [7, 11) is 0. The standard InChI is InChI=1S/C36H52N4O3/c1-22-10-15-36(39-20-22)23(2)33-30(43-36)18-29-27-9-8-24-17-25(11-13-34(24,3)28(27)12-14-35(29,33)4)40-32(42)19-31(41)38-21-26-7-5-6-16-37-26/h5-8,16,22-23,25,27-30,33,39H,9-15,17-21H2,1-4H3,(H,38,41)(H,40,42)/t22-,23+,25?,27-,28+,29+,30+,33+,34+,35+,36-/m1/s1. The van der Waals surface area contributed by atoms with E-state index in [1.54, 1.807) is 11.8 Å². The monoisotopic (exact) mass is 588 g/mol. The molecule has 3 heterocycles. The second kappa shape index (κ2) is 11.0. The van der Waals surface area contributed by atoms with Crippen molar-refractivity contribution < 1.29 is 14.3 Å². The molecule has 4 aliphatic carbocycles. The molecule has 2 saturated heterocycles. The summed E-state index contributed by atoms with van der Waals surface area (Å²) in [5, 5.41) is 9.91. The van der Waals surface area contributed by atoms with Gasteiger partial charge in [0.1, 0.15) is 12.1 Å². The fourth-order valence-corrected chi connectivity index (χ4v) is 11.2. The second-order valence-corrected chi connectivity index (χ2v) is 15.7. The van der Waals surface area contributed by atoms with Crippen LogP contribution in [0.5, 0.6) is 0 Å². The van der Waals surface area contributed by atoms with Crippen LogP contribution in [0.4, 0.5) is 0 Å². The lowest BCUT2D eigenvalue weighted by molar-refractivity contribution is -0.130. The van der Waals surface area contributed by atoms with Gasteiger partial charge in [0.05, 0.1) is 18.3 Å². The van der Waals surface area contributed by atoms with Crippen molar-refractivity contribution in [3.8, 4) is 0 Å². The molecule has 2 aliphatic heterocycles. The molecular weight excluding hydrogens is 536 g/mol. The van der Waals surface area contributed by atoms with Gasteiger partial charge in [0.25, 0.3) is 0 Å². The molecule has 1 spiro atoms. The van der Waals surface area contributed by atoms with Crippen molar-refractivity contribution in [1.82, 2.24) is 20.9 Å². The van der Waals surface area contributed by atoms with E-state index in [1.165, 1.54) is 32.1 Å². The van der Waals surface area contributed by atoms with Crippen LogP contribution < -0.4 is 16.0 Å². The Morgan fingerprint density at radius 2 is 1.93 bits per heavy atom. The first kappa shape index (κ1) is 29.5. The maximum atomic E-state index is 12.8. The van der Waals surface area contributed by atoms with Crippen molar-refractivity contribution >= 4 is 11.8 Å². The van der Waals surface area contributed by atoms with E-state index < -0.39 is 0 Å². The summed E-state index contributed by atoms with van der Waals surface area (Å²) in [6.45, 7) is 11.4. The lowest BCUT2D eigenvalue weighted by atomic mass is 9.46. The molecule has 6 aliphatic rings. The van der Waals surface area contributed by atoms with E-state index in [9.17, 15) is 9.59 Å². The number of hydrogen-bond acceptors (Lipinski definition) is 5. The van der Waals surface area contributed by atoms with Gasteiger partial charge in [-0.05, 0) is 110 Å². The largest absolute Gasteiger partial charge is 0.357 e. The van der Waals surface area contributed by atoms with Crippen molar-refractivity contribution in [3.05, 3.63) is 41.7 Å². The highest BCUT2D eigenvalue weighted by Crippen LogP contribution is 2.70. The Balaban J connectivity index is 0.975. The number of fused-ring (bicyclic) bond motifs is 7.